The Balaban J connectivity index is 1.26. The molecule has 1 saturated carbocycles. The summed E-state index contributed by atoms with van der Waals surface area (Å²) in [5.74, 6) is 1.65. The Bertz CT molecular complexity index is 801. The van der Waals surface area contributed by atoms with E-state index < -0.39 is 0 Å². The number of ether oxygens (including phenoxy) is 1. The van der Waals surface area contributed by atoms with Gasteiger partial charge in [-0.1, -0.05) is 19.3 Å². The molecule has 0 bridgehead atoms. The van der Waals surface area contributed by atoms with Crippen molar-refractivity contribution in [3.63, 3.8) is 0 Å². The number of aliphatic imine (C=N–C) groups is 1. The summed E-state index contributed by atoms with van der Waals surface area (Å²) in [5, 5.41) is 2.77. The standard InChI is InChI=1S/C22H30N4O3/c1-2-26(17-7-4-3-5-8-17)21(28)9-6-12-29-18-10-11-19-16(13-18)14-25-15-20(27)24-22(25)23-19/h10-11,13,17H,2-9,12,14-15H2,1H3,(H,23,24,27). The fraction of sp³-hybridized carbons (Fsp3) is 0.591. The lowest BCUT2D eigenvalue weighted by Gasteiger charge is -2.33. The van der Waals surface area contributed by atoms with Gasteiger partial charge in [-0.05, 0) is 44.4 Å². The summed E-state index contributed by atoms with van der Waals surface area (Å²) in [4.78, 5) is 32.7. The smallest absolute Gasteiger partial charge is 0.246 e. The maximum atomic E-state index is 12.6. The second-order valence-corrected chi connectivity index (χ2v) is 8.05. The number of fused-ring (bicyclic) bond motifs is 2. The monoisotopic (exact) mass is 398 g/mol. The Kier molecular flexibility index (Phi) is 6.02. The van der Waals surface area contributed by atoms with Crippen molar-refractivity contribution in [3.8, 4) is 5.75 Å². The zero-order valence-corrected chi connectivity index (χ0v) is 17.2. The van der Waals surface area contributed by atoms with E-state index in [1.165, 1.54) is 19.3 Å². The van der Waals surface area contributed by atoms with Gasteiger partial charge in [0.05, 0.1) is 12.3 Å². The first-order chi connectivity index (χ1) is 14.1. The topological polar surface area (TPSA) is 74.2 Å². The predicted molar refractivity (Wildman–Crippen MR) is 111 cm³/mol. The van der Waals surface area contributed by atoms with Crippen molar-refractivity contribution in [1.82, 2.24) is 15.1 Å². The van der Waals surface area contributed by atoms with Crippen LogP contribution in [0.15, 0.2) is 23.2 Å². The summed E-state index contributed by atoms with van der Waals surface area (Å²) >= 11 is 0. The first-order valence-electron chi connectivity index (χ1n) is 10.8. The molecule has 2 heterocycles. The number of carbonyl (C=O) groups excluding carboxylic acids is 2. The molecule has 1 aromatic rings. The van der Waals surface area contributed by atoms with Crippen molar-refractivity contribution >= 4 is 23.5 Å². The van der Waals surface area contributed by atoms with Crippen molar-refractivity contribution in [3.05, 3.63) is 23.8 Å². The molecule has 4 rings (SSSR count). The number of benzene rings is 1. The van der Waals surface area contributed by atoms with E-state index in [0.717, 1.165) is 36.4 Å². The third-order valence-electron chi connectivity index (χ3n) is 6.00. The van der Waals surface area contributed by atoms with E-state index in [4.69, 9.17) is 4.74 Å². The minimum absolute atomic E-state index is 0.0213. The summed E-state index contributed by atoms with van der Waals surface area (Å²) in [6, 6.07) is 6.24. The Morgan fingerprint density at radius 1 is 1.28 bits per heavy atom. The summed E-state index contributed by atoms with van der Waals surface area (Å²) in [6.45, 7) is 4.39. The molecular formula is C22H30N4O3. The average molecular weight is 399 g/mol. The van der Waals surface area contributed by atoms with Gasteiger partial charge in [0.2, 0.25) is 17.8 Å². The Hall–Kier alpha value is -2.57. The number of rotatable bonds is 7. The zero-order chi connectivity index (χ0) is 20.2. The third kappa shape index (κ3) is 4.54. The molecule has 3 aliphatic rings. The van der Waals surface area contributed by atoms with E-state index in [9.17, 15) is 9.59 Å². The van der Waals surface area contributed by atoms with E-state index in [2.05, 4.69) is 22.1 Å². The van der Waals surface area contributed by atoms with Gasteiger partial charge in [-0.2, -0.15) is 0 Å². The number of hydrogen-bond donors (Lipinski definition) is 1. The van der Waals surface area contributed by atoms with E-state index in [1.807, 2.05) is 23.1 Å². The van der Waals surface area contributed by atoms with Crippen LogP contribution in [-0.4, -0.2) is 53.3 Å². The molecule has 2 aliphatic heterocycles. The molecule has 0 aromatic heterocycles. The minimum Gasteiger partial charge on any atom is -0.494 e. The van der Waals surface area contributed by atoms with Crippen LogP contribution < -0.4 is 10.1 Å². The molecule has 0 radical (unpaired) electrons. The van der Waals surface area contributed by atoms with Crippen LogP contribution in [0.2, 0.25) is 0 Å². The number of nitrogens with zero attached hydrogens (tertiary/aromatic N) is 3. The van der Waals surface area contributed by atoms with Crippen LogP contribution in [0.25, 0.3) is 0 Å². The van der Waals surface area contributed by atoms with Crippen LogP contribution in [0.3, 0.4) is 0 Å². The molecule has 7 heteroatoms. The molecule has 0 atom stereocenters. The van der Waals surface area contributed by atoms with Crippen LogP contribution >= 0.6 is 0 Å². The Morgan fingerprint density at radius 3 is 2.90 bits per heavy atom. The van der Waals surface area contributed by atoms with Crippen LogP contribution in [0.5, 0.6) is 5.75 Å². The van der Waals surface area contributed by atoms with Crippen LogP contribution in [0.1, 0.15) is 57.4 Å². The molecule has 1 aromatic carbocycles. The van der Waals surface area contributed by atoms with Crippen molar-refractivity contribution < 1.29 is 14.3 Å². The normalized spacial score (nSPS) is 18.6. The highest BCUT2D eigenvalue weighted by molar-refractivity contribution is 6.05. The summed E-state index contributed by atoms with van der Waals surface area (Å²) in [5.41, 5.74) is 1.92. The summed E-state index contributed by atoms with van der Waals surface area (Å²) < 4.78 is 5.89. The number of nitrogens with one attached hydrogen (secondary N) is 1. The van der Waals surface area contributed by atoms with E-state index in [0.29, 0.717) is 44.5 Å². The second kappa shape index (κ2) is 8.84. The maximum Gasteiger partial charge on any atom is 0.246 e. The highest BCUT2D eigenvalue weighted by Crippen LogP contribution is 2.30. The van der Waals surface area contributed by atoms with E-state index in [1.54, 1.807) is 0 Å². The first-order valence-corrected chi connectivity index (χ1v) is 10.8. The highest BCUT2D eigenvalue weighted by Gasteiger charge is 2.29. The second-order valence-electron chi connectivity index (χ2n) is 8.05. The Labute approximate surface area is 172 Å². The maximum absolute atomic E-state index is 12.6. The van der Waals surface area contributed by atoms with Gasteiger partial charge in [0.1, 0.15) is 12.3 Å². The minimum atomic E-state index is -0.0213. The fourth-order valence-electron chi connectivity index (χ4n) is 4.52. The van der Waals surface area contributed by atoms with Gasteiger partial charge in [0, 0.05) is 31.1 Å². The number of guanidine groups is 1. The highest BCUT2D eigenvalue weighted by atomic mass is 16.5. The lowest BCUT2D eigenvalue weighted by atomic mass is 9.94. The first kappa shape index (κ1) is 19.7. The molecule has 0 unspecified atom stereocenters. The lowest BCUT2D eigenvalue weighted by molar-refractivity contribution is -0.134. The molecule has 1 aliphatic carbocycles. The summed E-state index contributed by atoms with van der Waals surface area (Å²) in [7, 11) is 0. The number of carbonyl (C=O) groups is 2. The van der Waals surface area contributed by atoms with Crippen molar-refractivity contribution in [2.75, 3.05) is 19.7 Å². The fourth-order valence-corrected chi connectivity index (χ4v) is 4.52. The lowest BCUT2D eigenvalue weighted by Crippen LogP contribution is -2.41. The molecule has 7 nitrogen and oxygen atoms in total. The Morgan fingerprint density at radius 2 is 2.10 bits per heavy atom. The predicted octanol–water partition coefficient (Wildman–Crippen LogP) is 2.96. The van der Waals surface area contributed by atoms with Gasteiger partial charge in [-0.3, -0.25) is 14.9 Å². The van der Waals surface area contributed by atoms with Crippen LogP contribution in [-0.2, 0) is 16.1 Å². The van der Waals surface area contributed by atoms with Gasteiger partial charge in [-0.15, -0.1) is 0 Å². The van der Waals surface area contributed by atoms with Crippen LogP contribution in [0.4, 0.5) is 5.69 Å². The van der Waals surface area contributed by atoms with Gasteiger partial charge < -0.3 is 14.5 Å². The van der Waals surface area contributed by atoms with Gasteiger partial charge in [0.15, 0.2) is 0 Å². The molecule has 29 heavy (non-hydrogen) atoms. The molecule has 2 fully saturated rings. The van der Waals surface area contributed by atoms with Gasteiger partial charge in [-0.25, -0.2) is 4.99 Å². The number of amides is 2. The quantitative estimate of drug-likeness (QED) is 0.717. The number of hydrogen-bond acceptors (Lipinski definition) is 5. The molecule has 156 valence electrons. The van der Waals surface area contributed by atoms with E-state index >= 15 is 0 Å². The third-order valence-corrected chi connectivity index (χ3v) is 6.00. The van der Waals surface area contributed by atoms with Gasteiger partial charge >= 0.3 is 0 Å². The molecule has 1 N–H and O–H groups in total. The molecule has 0 spiro atoms. The SMILES string of the molecule is CCN(C(=O)CCCOc1ccc2c(c1)CN1CC(=O)NC1=N2)C1CCCCC1. The summed E-state index contributed by atoms with van der Waals surface area (Å²) in [6.07, 6.45) is 7.32. The zero-order valence-electron chi connectivity index (χ0n) is 17.2. The van der Waals surface area contributed by atoms with Crippen molar-refractivity contribution in [2.24, 2.45) is 4.99 Å². The molecule has 1 saturated heterocycles. The largest absolute Gasteiger partial charge is 0.494 e. The molecular weight excluding hydrogens is 368 g/mol. The average Bonchev–Trinajstić information content (AvgIpc) is 3.09. The van der Waals surface area contributed by atoms with Crippen molar-refractivity contribution in [1.29, 1.82) is 0 Å². The van der Waals surface area contributed by atoms with Gasteiger partial charge in [0.25, 0.3) is 0 Å². The van der Waals surface area contributed by atoms with Crippen molar-refractivity contribution in [2.45, 2.75) is 64.5 Å². The molecule has 2 amide bonds. The van der Waals surface area contributed by atoms with E-state index in [-0.39, 0.29) is 11.8 Å². The van der Waals surface area contributed by atoms with Crippen LogP contribution in [0, 0.1) is 0 Å².